The standard InChI is InChI=1S/C14H15NO4/c16-14(13-11-3-1-2-4-12(11)13)19-10-7-5-9(6-8-10)15(17)18/h5-8,11-13H,1-4H2/t11-,12-/m1/s1. The molecule has 0 heterocycles. The molecule has 0 saturated heterocycles. The van der Waals surface area contributed by atoms with E-state index < -0.39 is 4.92 Å². The van der Waals surface area contributed by atoms with E-state index in [1.807, 2.05) is 0 Å². The molecule has 5 heteroatoms. The lowest BCUT2D eigenvalue weighted by molar-refractivity contribution is -0.384. The predicted octanol–water partition coefficient (Wildman–Crippen LogP) is 2.94. The molecule has 2 saturated carbocycles. The van der Waals surface area contributed by atoms with Crippen molar-refractivity contribution in [3.63, 3.8) is 0 Å². The van der Waals surface area contributed by atoms with Gasteiger partial charge in [-0.15, -0.1) is 0 Å². The first-order valence-electron chi connectivity index (χ1n) is 6.63. The van der Waals surface area contributed by atoms with Crippen LogP contribution < -0.4 is 4.74 Å². The third kappa shape index (κ3) is 2.32. The highest BCUT2D eigenvalue weighted by Gasteiger charge is 2.55. The number of ether oxygens (including phenoxy) is 1. The van der Waals surface area contributed by atoms with Gasteiger partial charge in [0.25, 0.3) is 5.69 Å². The second-order valence-corrected chi connectivity index (χ2v) is 5.31. The highest BCUT2D eigenvalue weighted by atomic mass is 16.6. The van der Waals surface area contributed by atoms with E-state index in [0.29, 0.717) is 17.6 Å². The summed E-state index contributed by atoms with van der Waals surface area (Å²) in [5.74, 6) is 1.29. The third-order valence-corrected chi connectivity index (χ3v) is 4.19. The zero-order chi connectivity index (χ0) is 13.4. The molecule has 2 atom stereocenters. The van der Waals surface area contributed by atoms with E-state index in [4.69, 9.17) is 4.74 Å². The SMILES string of the molecule is O=C(Oc1ccc([N+](=O)[O-])cc1)C1[C@@H]2CCCC[C@@H]12. The summed E-state index contributed by atoms with van der Waals surface area (Å²) in [6.07, 6.45) is 4.68. The van der Waals surface area contributed by atoms with Crippen molar-refractivity contribution >= 4 is 11.7 Å². The van der Waals surface area contributed by atoms with Gasteiger partial charge in [0.2, 0.25) is 0 Å². The van der Waals surface area contributed by atoms with E-state index in [1.54, 1.807) is 0 Å². The first-order valence-corrected chi connectivity index (χ1v) is 6.63. The molecule has 19 heavy (non-hydrogen) atoms. The number of carbonyl (C=O) groups excluding carboxylic acids is 1. The molecular weight excluding hydrogens is 246 g/mol. The van der Waals surface area contributed by atoms with Crippen LogP contribution in [0.25, 0.3) is 0 Å². The largest absolute Gasteiger partial charge is 0.426 e. The maximum atomic E-state index is 12.0. The molecule has 2 fully saturated rings. The van der Waals surface area contributed by atoms with Gasteiger partial charge >= 0.3 is 5.97 Å². The maximum Gasteiger partial charge on any atom is 0.314 e. The summed E-state index contributed by atoms with van der Waals surface area (Å²) >= 11 is 0. The molecule has 1 aromatic carbocycles. The van der Waals surface area contributed by atoms with E-state index >= 15 is 0 Å². The summed E-state index contributed by atoms with van der Waals surface area (Å²) in [5.41, 5.74) is -0.000102. The van der Waals surface area contributed by atoms with Gasteiger partial charge in [-0.2, -0.15) is 0 Å². The Bertz CT molecular complexity index is 499. The lowest BCUT2D eigenvalue weighted by Crippen LogP contribution is -2.12. The van der Waals surface area contributed by atoms with Crippen LogP contribution in [0.15, 0.2) is 24.3 Å². The number of hydrogen-bond donors (Lipinski definition) is 0. The lowest BCUT2D eigenvalue weighted by atomic mass is 10.0. The van der Waals surface area contributed by atoms with Gasteiger partial charge in [-0.05, 0) is 36.8 Å². The molecule has 0 spiro atoms. The highest BCUT2D eigenvalue weighted by molar-refractivity contribution is 5.79. The summed E-state index contributed by atoms with van der Waals surface area (Å²) in [6, 6.07) is 5.65. The molecule has 2 aliphatic carbocycles. The Kier molecular flexibility index (Phi) is 2.97. The topological polar surface area (TPSA) is 69.4 Å². The van der Waals surface area contributed by atoms with Crippen molar-refractivity contribution in [3.05, 3.63) is 34.4 Å². The quantitative estimate of drug-likeness (QED) is 0.363. The number of fused-ring (bicyclic) bond motifs is 1. The molecule has 0 N–H and O–H groups in total. The zero-order valence-electron chi connectivity index (χ0n) is 10.5. The monoisotopic (exact) mass is 261 g/mol. The Balaban J connectivity index is 1.62. The molecule has 0 aliphatic heterocycles. The van der Waals surface area contributed by atoms with Gasteiger partial charge in [0.05, 0.1) is 10.8 Å². The average Bonchev–Trinajstić information content (AvgIpc) is 3.13. The summed E-state index contributed by atoms with van der Waals surface area (Å²) < 4.78 is 5.30. The minimum Gasteiger partial charge on any atom is -0.426 e. The van der Waals surface area contributed by atoms with E-state index in [0.717, 1.165) is 12.8 Å². The number of nitro groups is 1. The van der Waals surface area contributed by atoms with E-state index in [-0.39, 0.29) is 17.6 Å². The van der Waals surface area contributed by atoms with Gasteiger partial charge < -0.3 is 4.74 Å². The Labute approximate surface area is 110 Å². The molecule has 0 bridgehead atoms. The number of rotatable bonds is 3. The second kappa shape index (κ2) is 4.64. The Morgan fingerprint density at radius 3 is 2.26 bits per heavy atom. The zero-order valence-corrected chi connectivity index (χ0v) is 10.5. The van der Waals surface area contributed by atoms with Crippen LogP contribution in [0, 0.1) is 27.9 Å². The smallest absolute Gasteiger partial charge is 0.314 e. The molecule has 2 aliphatic rings. The number of nitrogens with zero attached hydrogens (tertiary/aromatic N) is 1. The molecule has 5 nitrogen and oxygen atoms in total. The van der Waals surface area contributed by atoms with E-state index in [9.17, 15) is 14.9 Å². The summed E-state index contributed by atoms with van der Waals surface area (Å²) in [5, 5.41) is 10.5. The molecule has 3 rings (SSSR count). The Hall–Kier alpha value is -1.91. The fourth-order valence-corrected chi connectivity index (χ4v) is 3.16. The van der Waals surface area contributed by atoms with Gasteiger partial charge in [0.15, 0.2) is 0 Å². The predicted molar refractivity (Wildman–Crippen MR) is 67.7 cm³/mol. The van der Waals surface area contributed by atoms with Crippen LogP contribution in [-0.4, -0.2) is 10.9 Å². The number of esters is 1. The van der Waals surface area contributed by atoms with Gasteiger partial charge in [0, 0.05) is 12.1 Å². The summed E-state index contributed by atoms with van der Waals surface area (Å²) in [6.45, 7) is 0. The van der Waals surface area contributed by atoms with Crippen LogP contribution in [0.3, 0.4) is 0 Å². The van der Waals surface area contributed by atoms with Gasteiger partial charge in [-0.3, -0.25) is 14.9 Å². The molecule has 0 radical (unpaired) electrons. The van der Waals surface area contributed by atoms with Crippen LogP contribution in [0.5, 0.6) is 5.75 Å². The van der Waals surface area contributed by atoms with Crippen LogP contribution in [0.4, 0.5) is 5.69 Å². The minimum atomic E-state index is -0.471. The molecule has 0 aromatic heterocycles. The number of nitro benzene ring substituents is 1. The first kappa shape index (κ1) is 12.1. The van der Waals surface area contributed by atoms with Crippen LogP contribution >= 0.6 is 0 Å². The normalized spacial score (nSPS) is 28.3. The number of carbonyl (C=O) groups is 1. The summed E-state index contributed by atoms with van der Waals surface area (Å²) in [7, 11) is 0. The van der Waals surface area contributed by atoms with Crippen LogP contribution in [-0.2, 0) is 4.79 Å². The Morgan fingerprint density at radius 2 is 1.74 bits per heavy atom. The van der Waals surface area contributed by atoms with Crippen molar-refractivity contribution in [2.24, 2.45) is 17.8 Å². The first-order chi connectivity index (χ1) is 9.16. The van der Waals surface area contributed by atoms with Gasteiger partial charge in [-0.25, -0.2) is 0 Å². The van der Waals surface area contributed by atoms with E-state index in [1.165, 1.54) is 37.1 Å². The van der Waals surface area contributed by atoms with Crippen molar-refractivity contribution in [3.8, 4) is 5.75 Å². The highest BCUT2D eigenvalue weighted by Crippen LogP contribution is 2.55. The molecular formula is C14H15NO4. The van der Waals surface area contributed by atoms with Crippen LogP contribution in [0.1, 0.15) is 25.7 Å². The lowest BCUT2D eigenvalue weighted by Gasteiger charge is -2.04. The van der Waals surface area contributed by atoms with Crippen molar-refractivity contribution in [1.82, 2.24) is 0 Å². The minimum absolute atomic E-state index is 0.000102. The van der Waals surface area contributed by atoms with Crippen molar-refractivity contribution in [2.45, 2.75) is 25.7 Å². The Morgan fingerprint density at radius 1 is 1.16 bits per heavy atom. The third-order valence-electron chi connectivity index (χ3n) is 4.19. The van der Waals surface area contributed by atoms with Crippen molar-refractivity contribution in [2.75, 3.05) is 0 Å². The maximum absolute atomic E-state index is 12.0. The average molecular weight is 261 g/mol. The van der Waals surface area contributed by atoms with Gasteiger partial charge in [0.1, 0.15) is 5.75 Å². The van der Waals surface area contributed by atoms with Crippen LogP contribution in [0.2, 0.25) is 0 Å². The molecule has 0 amide bonds. The number of non-ortho nitro benzene ring substituents is 1. The fraction of sp³-hybridized carbons (Fsp3) is 0.500. The molecule has 0 unspecified atom stereocenters. The fourth-order valence-electron chi connectivity index (χ4n) is 3.16. The second-order valence-electron chi connectivity index (χ2n) is 5.31. The number of hydrogen-bond acceptors (Lipinski definition) is 4. The van der Waals surface area contributed by atoms with Crippen molar-refractivity contribution < 1.29 is 14.5 Å². The summed E-state index contributed by atoms with van der Waals surface area (Å²) in [4.78, 5) is 22.1. The molecule has 1 aromatic rings. The van der Waals surface area contributed by atoms with E-state index in [2.05, 4.69) is 0 Å². The van der Waals surface area contributed by atoms with Crippen molar-refractivity contribution in [1.29, 1.82) is 0 Å². The molecule has 100 valence electrons. The van der Waals surface area contributed by atoms with Gasteiger partial charge in [-0.1, -0.05) is 12.8 Å². The number of benzene rings is 1.